The first-order chi connectivity index (χ1) is 6.54. The van der Waals surface area contributed by atoms with Crippen LogP contribution < -0.4 is 5.73 Å². The van der Waals surface area contributed by atoms with Crippen molar-refractivity contribution in [3.05, 3.63) is 27.7 Å². The predicted octanol–water partition coefficient (Wildman–Crippen LogP) is 3.12. The third kappa shape index (κ3) is 2.66. The lowest BCUT2D eigenvalue weighted by atomic mass is 10.0. The molecule has 1 unspecified atom stereocenters. The predicted molar refractivity (Wildman–Crippen MR) is 62.6 cm³/mol. The summed E-state index contributed by atoms with van der Waals surface area (Å²) in [5, 5.41) is 1.09. The molecule has 0 saturated heterocycles. The molecule has 0 saturated carbocycles. The summed E-state index contributed by atoms with van der Waals surface area (Å²) in [5.74, 6) is 0. The summed E-state index contributed by atoms with van der Waals surface area (Å²) in [6, 6.07) is 0.0775. The number of rotatable bonds is 4. The third-order valence-electron chi connectivity index (χ3n) is 2.28. The van der Waals surface area contributed by atoms with Crippen LogP contribution in [0.4, 0.5) is 0 Å². The van der Waals surface area contributed by atoms with Crippen molar-refractivity contribution in [2.45, 2.75) is 39.7 Å². The van der Waals surface area contributed by atoms with Gasteiger partial charge in [0.15, 0.2) is 0 Å². The topological polar surface area (TPSA) is 38.9 Å². The minimum Gasteiger partial charge on any atom is -0.323 e. The Bertz CT molecular complexity index is 328. The molecular formula is C11H18N2S. The fourth-order valence-corrected chi connectivity index (χ4v) is 2.37. The number of hydrogen-bond acceptors (Lipinski definition) is 3. The summed E-state index contributed by atoms with van der Waals surface area (Å²) in [6.07, 6.45) is 1.88. The molecule has 1 heterocycles. The van der Waals surface area contributed by atoms with Gasteiger partial charge in [0.1, 0.15) is 0 Å². The van der Waals surface area contributed by atoms with E-state index >= 15 is 0 Å². The highest BCUT2D eigenvalue weighted by Gasteiger charge is 2.13. The van der Waals surface area contributed by atoms with Crippen LogP contribution in [-0.4, -0.2) is 4.98 Å². The number of aromatic nitrogens is 1. The Morgan fingerprint density at radius 2 is 2.21 bits per heavy atom. The summed E-state index contributed by atoms with van der Waals surface area (Å²) >= 11 is 1.70. The maximum Gasteiger partial charge on any atom is 0.0900 e. The standard InChI is InChI=1S/C11H18N2S/c1-5-7(2)6-10(12)11-8(3)13-9(4)14-11/h10H,2,5-6,12H2,1,3-4H3. The molecule has 0 aliphatic carbocycles. The molecule has 0 aliphatic heterocycles. The third-order valence-corrected chi connectivity index (χ3v) is 3.49. The maximum absolute atomic E-state index is 6.10. The van der Waals surface area contributed by atoms with E-state index in [2.05, 4.69) is 18.5 Å². The SMILES string of the molecule is C=C(CC)CC(N)c1sc(C)nc1C. The van der Waals surface area contributed by atoms with Crippen molar-refractivity contribution in [1.82, 2.24) is 4.98 Å². The molecule has 78 valence electrons. The zero-order chi connectivity index (χ0) is 10.7. The molecule has 0 fully saturated rings. The van der Waals surface area contributed by atoms with Gasteiger partial charge in [0, 0.05) is 10.9 Å². The van der Waals surface area contributed by atoms with E-state index in [1.54, 1.807) is 11.3 Å². The first-order valence-corrected chi connectivity index (χ1v) is 5.72. The van der Waals surface area contributed by atoms with E-state index in [1.165, 1.54) is 10.5 Å². The van der Waals surface area contributed by atoms with Crippen LogP contribution in [0.5, 0.6) is 0 Å². The molecule has 14 heavy (non-hydrogen) atoms. The van der Waals surface area contributed by atoms with Gasteiger partial charge in [-0.2, -0.15) is 0 Å². The lowest BCUT2D eigenvalue weighted by Crippen LogP contribution is -2.10. The zero-order valence-corrected chi connectivity index (χ0v) is 9.95. The van der Waals surface area contributed by atoms with E-state index in [0.717, 1.165) is 23.5 Å². The highest BCUT2D eigenvalue weighted by molar-refractivity contribution is 7.11. The summed E-state index contributed by atoms with van der Waals surface area (Å²) in [7, 11) is 0. The van der Waals surface area contributed by atoms with Gasteiger partial charge in [0.2, 0.25) is 0 Å². The van der Waals surface area contributed by atoms with Gasteiger partial charge in [-0.15, -0.1) is 11.3 Å². The number of hydrogen-bond donors (Lipinski definition) is 1. The van der Waals surface area contributed by atoms with E-state index in [4.69, 9.17) is 5.73 Å². The molecule has 1 rings (SSSR count). The van der Waals surface area contributed by atoms with Crippen LogP contribution in [0, 0.1) is 13.8 Å². The van der Waals surface area contributed by atoms with Gasteiger partial charge in [-0.05, 0) is 26.7 Å². The van der Waals surface area contributed by atoms with Crippen molar-refractivity contribution in [1.29, 1.82) is 0 Å². The Kier molecular flexibility index (Phi) is 3.84. The van der Waals surface area contributed by atoms with Crippen LogP contribution in [0.3, 0.4) is 0 Å². The summed E-state index contributed by atoms with van der Waals surface area (Å²) < 4.78 is 0. The normalized spacial score (nSPS) is 12.9. The van der Waals surface area contributed by atoms with E-state index in [1.807, 2.05) is 13.8 Å². The van der Waals surface area contributed by atoms with Gasteiger partial charge in [-0.25, -0.2) is 4.98 Å². The second-order valence-corrected chi connectivity index (χ2v) is 4.83. The van der Waals surface area contributed by atoms with Crippen molar-refractivity contribution < 1.29 is 0 Å². The van der Waals surface area contributed by atoms with Crippen molar-refractivity contribution in [3.63, 3.8) is 0 Å². The van der Waals surface area contributed by atoms with Crippen LogP contribution in [0.2, 0.25) is 0 Å². The Morgan fingerprint density at radius 3 is 2.64 bits per heavy atom. The quantitative estimate of drug-likeness (QED) is 0.775. The van der Waals surface area contributed by atoms with E-state index in [0.29, 0.717) is 0 Å². The largest absolute Gasteiger partial charge is 0.323 e. The van der Waals surface area contributed by atoms with Crippen LogP contribution in [0.25, 0.3) is 0 Å². The minimum atomic E-state index is 0.0775. The Morgan fingerprint density at radius 1 is 1.57 bits per heavy atom. The molecule has 0 bridgehead atoms. The second kappa shape index (κ2) is 4.71. The first-order valence-electron chi connectivity index (χ1n) is 4.90. The molecule has 3 heteroatoms. The van der Waals surface area contributed by atoms with Crippen molar-refractivity contribution in [2.24, 2.45) is 5.73 Å². The summed E-state index contributed by atoms with van der Waals surface area (Å²) in [4.78, 5) is 5.58. The second-order valence-electron chi connectivity index (χ2n) is 3.60. The number of thiazole rings is 1. The summed E-state index contributed by atoms with van der Waals surface area (Å²) in [5.41, 5.74) is 8.38. The zero-order valence-electron chi connectivity index (χ0n) is 9.13. The van der Waals surface area contributed by atoms with Gasteiger partial charge < -0.3 is 5.73 Å². The van der Waals surface area contributed by atoms with Gasteiger partial charge >= 0.3 is 0 Å². The Balaban J connectivity index is 2.73. The fourth-order valence-electron chi connectivity index (χ4n) is 1.44. The molecule has 1 aromatic rings. The minimum absolute atomic E-state index is 0.0775. The Hall–Kier alpha value is -0.670. The highest BCUT2D eigenvalue weighted by atomic mass is 32.1. The number of nitrogens with two attached hydrogens (primary N) is 1. The van der Waals surface area contributed by atoms with Crippen LogP contribution >= 0.6 is 11.3 Å². The molecule has 1 atom stereocenters. The average Bonchev–Trinajstić information content (AvgIpc) is 2.45. The van der Waals surface area contributed by atoms with Crippen molar-refractivity contribution >= 4 is 11.3 Å². The lowest BCUT2D eigenvalue weighted by Gasteiger charge is -2.10. The smallest absolute Gasteiger partial charge is 0.0900 e. The maximum atomic E-state index is 6.10. The van der Waals surface area contributed by atoms with Crippen molar-refractivity contribution in [2.75, 3.05) is 0 Å². The van der Waals surface area contributed by atoms with Crippen LogP contribution in [0.15, 0.2) is 12.2 Å². The van der Waals surface area contributed by atoms with Crippen LogP contribution in [-0.2, 0) is 0 Å². The molecule has 0 amide bonds. The van der Waals surface area contributed by atoms with Gasteiger partial charge in [-0.1, -0.05) is 19.1 Å². The molecule has 2 nitrogen and oxygen atoms in total. The Labute approximate surface area is 89.9 Å². The molecule has 0 aromatic carbocycles. The van der Waals surface area contributed by atoms with Crippen molar-refractivity contribution in [3.8, 4) is 0 Å². The lowest BCUT2D eigenvalue weighted by molar-refractivity contribution is 0.707. The summed E-state index contributed by atoms with van der Waals surface area (Å²) in [6.45, 7) is 10.1. The van der Waals surface area contributed by atoms with E-state index in [9.17, 15) is 0 Å². The molecule has 0 aliphatic rings. The van der Waals surface area contributed by atoms with E-state index in [-0.39, 0.29) is 6.04 Å². The average molecular weight is 210 g/mol. The van der Waals surface area contributed by atoms with Crippen LogP contribution in [0.1, 0.15) is 41.4 Å². The highest BCUT2D eigenvalue weighted by Crippen LogP contribution is 2.27. The van der Waals surface area contributed by atoms with Gasteiger partial charge in [0.25, 0.3) is 0 Å². The molecular weight excluding hydrogens is 192 g/mol. The van der Waals surface area contributed by atoms with Gasteiger partial charge in [-0.3, -0.25) is 0 Å². The first kappa shape index (κ1) is 11.4. The monoisotopic (exact) mass is 210 g/mol. The molecule has 2 N–H and O–H groups in total. The molecule has 1 aromatic heterocycles. The number of aryl methyl sites for hydroxylation is 2. The molecule has 0 spiro atoms. The number of nitrogens with zero attached hydrogens (tertiary/aromatic N) is 1. The van der Waals surface area contributed by atoms with E-state index < -0.39 is 0 Å². The molecule has 0 radical (unpaired) electrons. The van der Waals surface area contributed by atoms with Gasteiger partial charge in [0.05, 0.1) is 10.7 Å². The fraction of sp³-hybridized carbons (Fsp3) is 0.545.